The lowest BCUT2D eigenvalue weighted by molar-refractivity contribution is -0.122. The predicted molar refractivity (Wildman–Crippen MR) is 139 cm³/mol. The van der Waals surface area contributed by atoms with Gasteiger partial charge in [0.2, 0.25) is 5.91 Å². The molecule has 3 N–H and O–H groups in total. The van der Waals surface area contributed by atoms with Gasteiger partial charge in [0, 0.05) is 30.7 Å². The summed E-state index contributed by atoms with van der Waals surface area (Å²) < 4.78 is 0. The maximum Gasteiger partial charge on any atom is 0.252 e. The Balaban J connectivity index is 1.55. The van der Waals surface area contributed by atoms with Crippen LogP contribution < -0.4 is 10.6 Å². The maximum absolute atomic E-state index is 12.9. The number of unbranched alkanes of at least 4 members (excludes halogenated alkanes) is 2. The molecule has 184 valence electrons. The molecule has 1 fully saturated rings. The second kappa shape index (κ2) is 13.4. The molecule has 0 radical (unpaired) electrons. The van der Waals surface area contributed by atoms with E-state index < -0.39 is 6.61 Å². The van der Waals surface area contributed by atoms with E-state index in [0.717, 1.165) is 54.4 Å². The van der Waals surface area contributed by atoms with Gasteiger partial charge < -0.3 is 15.7 Å². The molecule has 0 heterocycles. The third-order valence-corrected chi connectivity index (χ3v) is 5.77. The molecule has 0 spiro atoms. The Labute approximate surface area is 207 Å². The zero-order chi connectivity index (χ0) is 25.0. The van der Waals surface area contributed by atoms with E-state index in [1.165, 1.54) is 6.08 Å². The second-order valence-electron chi connectivity index (χ2n) is 8.97. The van der Waals surface area contributed by atoms with E-state index in [2.05, 4.69) is 10.6 Å². The molecule has 2 amide bonds. The van der Waals surface area contributed by atoms with Crippen LogP contribution in [0.5, 0.6) is 0 Å². The van der Waals surface area contributed by atoms with Crippen LogP contribution >= 0.6 is 0 Å². The molecule has 2 aromatic carbocycles. The fraction of sp³-hybridized carbons (Fsp3) is 0.345. The van der Waals surface area contributed by atoms with Gasteiger partial charge in [-0.25, -0.2) is 0 Å². The van der Waals surface area contributed by atoms with Crippen molar-refractivity contribution in [2.75, 3.05) is 13.2 Å². The number of benzene rings is 2. The molecule has 0 saturated heterocycles. The second-order valence-corrected chi connectivity index (χ2v) is 8.97. The molecule has 35 heavy (non-hydrogen) atoms. The highest BCUT2D eigenvalue weighted by Gasteiger charge is 2.25. The van der Waals surface area contributed by atoms with Gasteiger partial charge in [-0.3, -0.25) is 14.4 Å². The summed E-state index contributed by atoms with van der Waals surface area (Å²) in [5.74, 6) is -0.371. The van der Waals surface area contributed by atoms with E-state index in [0.29, 0.717) is 18.5 Å². The standard InChI is InChI=1S/C29H34N2O4/c1-21-6-5-7-24(18-21)27(29(35)31-25-14-15-25)19-23-11-9-22(10-12-23)13-16-28(34)30-17-4-2-3-8-26(33)20-32/h5-7,9-13,16,18-19,25,32H,2-4,8,14-15,17,20H2,1H3,(H,30,34)(H,31,35)/b16-13+,27-19+. The molecular formula is C29H34N2O4. The van der Waals surface area contributed by atoms with Gasteiger partial charge in [-0.05, 0) is 61.4 Å². The van der Waals surface area contributed by atoms with Crippen molar-refractivity contribution in [3.8, 4) is 0 Å². The summed E-state index contributed by atoms with van der Waals surface area (Å²) in [4.78, 5) is 36.0. The Bertz CT molecular complexity index is 1080. The molecule has 0 aliphatic heterocycles. The number of hydrogen-bond acceptors (Lipinski definition) is 4. The molecule has 1 aliphatic carbocycles. The Morgan fingerprint density at radius 2 is 1.74 bits per heavy atom. The normalized spacial score (nSPS) is 13.6. The fourth-order valence-corrected chi connectivity index (χ4v) is 3.60. The number of carbonyl (C=O) groups is 3. The molecule has 1 saturated carbocycles. The first-order chi connectivity index (χ1) is 16.9. The van der Waals surface area contributed by atoms with Crippen LogP contribution in [-0.2, 0) is 14.4 Å². The number of amides is 2. The van der Waals surface area contributed by atoms with Gasteiger partial charge in [0.1, 0.15) is 6.61 Å². The molecule has 0 atom stereocenters. The lowest BCUT2D eigenvalue weighted by atomic mass is 9.99. The number of aryl methyl sites for hydroxylation is 1. The summed E-state index contributed by atoms with van der Waals surface area (Å²) in [5, 5.41) is 14.6. The van der Waals surface area contributed by atoms with Crippen molar-refractivity contribution in [1.29, 1.82) is 0 Å². The Morgan fingerprint density at radius 1 is 1.00 bits per heavy atom. The lowest BCUT2D eigenvalue weighted by Gasteiger charge is -2.10. The molecule has 6 heteroatoms. The van der Waals surface area contributed by atoms with Crippen LogP contribution in [0.2, 0.25) is 0 Å². The van der Waals surface area contributed by atoms with Crippen molar-refractivity contribution in [2.45, 2.75) is 51.5 Å². The first kappa shape index (κ1) is 26.1. The third-order valence-electron chi connectivity index (χ3n) is 5.77. The molecule has 2 aromatic rings. The van der Waals surface area contributed by atoms with Crippen LogP contribution in [0, 0.1) is 6.92 Å². The average molecular weight is 475 g/mol. The van der Waals surface area contributed by atoms with Crippen molar-refractivity contribution in [2.24, 2.45) is 0 Å². The minimum atomic E-state index is -0.400. The van der Waals surface area contributed by atoms with E-state index in [4.69, 9.17) is 5.11 Å². The van der Waals surface area contributed by atoms with Crippen molar-refractivity contribution in [3.63, 3.8) is 0 Å². The summed E-state index contributed by atoms with van der Waals surface area (Å²) in [6.45, 7) is 2.16. The summed E-state index contributed by atoms with van der Waals surface area (Å²) >= 11 is 0. The molecular weight excluding hydrogens is 440 g/mol. The SMILES string of the molecule is Cc1cccc(/C(=C\c2ccc(/C=C/C(=O)NCCCCCC(=O)CO)cc2)C(=O)NC2CC2)c1. The minimum absolute atomic E-state index is 0.0567. The van der Waals surface area contributed by atoms with Crippen molar-refractivity contribution in [1.82, 2.24) is 10.6 Å². The van der Waals surface area contributed by atoms with E-state index in [9.17, 15) is 14.4 Å². The number of carbonyl (C=O) groups excluding carboxylic acids is 3. The van der Waals surface area contributed by atoms with Gasteiger partial charge in [-0.2, -0.15) is 0 Å². The topological polar surface area (TPSA) is 95.5 Å². The van der Waals surface area contributed by atoms with Crippen LogP contribution in [0.4, 0.5) is 0 Å². The van der Waals surface area contributed by atoms with Crippen LogP contribution in [-0.4, -0.2) is 41.9 Å². The number of aliphatic hydroxyl groups excluding tert-OH is 1. The lowest BCUT2D eigenvalue weighted by Crippen LogP contribution is -2.26. The van der Waals surface area contributed by atoms with Gasteiger partial charge >= 0.3 is 0 Å². The number of nitrogens with one attached hydrogen (secondary N) is 2. The largest absolute Gasteiger partial charge is 0.389 e. The van der Waals surface area contributed by atoms with Gasteiger partial charge in [-0.15, -0.1) is 0 Å². The molecule has 0 unspecified atom stereocenters. The van der Waals surface area contributed by atoms with Crippen LogP contribution in [0.3, 0.4) is 0 Å². The summed E-state index contributed by atoms with van der Waals surface area (Å²) in [6, 6.07) is 15.9. The number of rotatable bonds is 13. The van der Waals surface area contributed by atoms with Gasteiger partial charge in [0.25, 0.3) is 5.91 Å². The first-order valence-electron chi connectivity index (χ1n) is 12.2. The van der Waals surface area contributed by atoms with E-state index >= 15 is 0 Å². The molecule has 6 nitrogen and oxygen atoms in total. The van der Waals surface area contributed by atoms with Gasteiger partial charge in [0.05, 0.1) is 0 Å². The molecule has 0 aromatic heterocycles. The predicted octanol–water partition coefficient (Wildman–Crippen LogP) is 4.07. The highest BCUT2D eigenvalue weighted by atomic mass is 16.3. The highest BCUT2D eigenvalue weighted by molar-refractivity contribution is 6.24. The highest BCUT2D eigenvalue weighted by Crippen LogP contribution is 2.24. The number of aliphatic hydroxyl groups is 1. The Hall–Kier alpha value is -3.51. The van der Waals surface area contributed by atoms with E-state index in [1.807, 2.05) is 61.5 Å². The summed E-state index contributed by atoms with van der Waals surface area (Å²) in [7, 11) is 0. The van der Waals surface area contributed by atoms with Crippen LogP contribution in [0.1, 0.15) is 60.8 Å². The van der Waals surface area contributed by atoms with Crippen molar-refractivity contribution >= 4 is 35.3 Å². The Kier molecular flexibility index (Phi) is 9.99. The van der Waals surface area contributed by atoms with E-state index in [-0.39, 0.29) is 23.6 Å². The fourth-order valence-electron chi connectivity index (χ4n) is 3.60. The first-order valence-corrected chi connectivity index (χ1v) is 12.2. The third kappa shape index (κ3) is 9.33. The maximum atomic E-state index is 12.9. The van der Waals surface area contributed by atoms with Crippen molar-refractivity contribution < 1.29 is 19.5 Å². The van der Waals surface area contributed by atoms with Crippen molar-refractivity contribution in [3.05, 3.63) is 76.9 Å². The minimum Gasteiger partial charge on any atom is -0.389 e. The van der Waals surface area contributed by atoms with Crippen LogP contribution in [0.25, 0.3) is 17.7 Å². The Morgan fingerprint density at radius 3 is 2.43 bits per heavy atom. The average Bonchev–Trinajstić information content (AvgIpc) is 3.67. The zero-order valence-electron chi connectivity index (χ0n) is 20.3. The smallest absolute Gasteiger partial charge is 0.252 e. The quantitative estimate of drug-likeness (QED) is 0.232. The van der Waals surface area contributed by atoms with E-state index in [1.54, 1.807) is 6.08 Å². The number of ketones is 1. The van der Waals surface area contributed by atoms with Gasteiger partial charge in [-0.1, -0.05) is 60.5 Å². The van der Waals surface area contributed by atoms with Gasteiger partial charge in [0.15, 0.2) is 5.78 Å². The summed E-state index contributed by atoms with van der Waals surface area (Å²) in [6.07, 6.45) is 9.95. The number of hydrogen-bond donors (Lipinski definition) is 3. The molecule has 0 bridgehead atoms. The zero-order valence-corrected chi connectivity index (χ0v) is 20.3. The monoisotopic (exact) mass is 474 g/mol. The molecule has 3 rings (SSSR count). The van der Waals surface area contributed by atoms with Crippen LogP contribution in [0.15, 0.2) is 54.6 Å². The molecule has 1 aliphatic rings. The number of Topliss-reactive ketones (excluding diaryl/α,β-unsaturated/α-hetero) is 1. The summed E-state index contributed by atoms with van der Waals surface area (Å²) in [5.41, 5.74) is 4.43.